The van der Waals surface area contributed by atoms with Crippen molar-refractivity contribution >= 4 is 34.7 Å². The zero-order valence-corrected chi connectivity index (χ0v) is 43.1. The summed E-state index contributed by atoms with van der Waals surface area (Å²) in [5.74, 6) is 0.641. The highest BCUT2D eigenvalue weighted by atomic mass is 32.2. The number of rotatable bonds is 21. The number of nitrogens with zero attached hydrogens (tertiary/aromatic N) is 6. The second-order valence-corrected chi connectivity index (χ2v) is 19.5. The van der Waals surface area contributed by atoms with E-state index in [0.717, 1.165) is 21.3 Å². The quantitative estimate of drug-likeness (QED) is 0.0415. The first-order chi connectivity index (χ1) is 37.6. The van der Waals surface area contributed by atoms with Gasteiger partial charge in [-0.25, -0.2) is 33.5 Å². The normalized spacial score (nSPS) is 20.3. The summed E-state index contributed by atoms with van der Waals surface area (Å²) in [6, 6.07) is 42.7. The predicted octanol–water partition coefficient (Wildman–Crippen LogP) is 7.77. The molecule has 0 radical (unpaired) electrons. The second kappa shape index (κ2) is 23.7. The van der Waals surface area contributed by atoms with Crippen LogP contribution in [-0.4, -0.2) is 97.7 Å². The molecule has 0 saturated carbocycles. The molecule has 7 atom stereocenters. The first kappa shape index (κ1) is 52.7. The SMILES string of the molecule is COc1cccc(C(OC[C@H]2O[C@@H](n3cnc4c(N)ncnc43)[C@H](F)[C@@H]2OCCSC2OC(n3cc(C)c(=O)n(COCc4ccccc4)c3=O)CC2OC(=O)c2ccccc2)(c2ccccc2)c2ccccc2)c1OC. The summed E-state index contributed by atoms with van der Waals surface area (Å²) in [5, 5.41) is 0. The maximum absolute atomic E-state index is 17.5. The Morgan fingerprint density at radius 3 is 2.21 bits per heavy atom. The maximum atomic E-state index is 17.5. The Hall–Kier alpha value is -7.72. The average molecular weight is 1070 g/mol. The van der Waals surface area contributed by atoms with Crippen LogP contribution in [0.3, 0.4) is 0 Å². The Morgan fingerprint density at radius 2 is 1.52 bits per heavy atom. The summed E-state index contributed by atoms with van der Waals surface area (Å²) in [6.45, 7) is 1.23. The van der Waals surface area contributed by atoms with Crippen LogP contribution in [0.15, 0.2) is 168 Å². The predicted molar refractivity (Wildman–Crippen MR) is 284 cm³/mol. The number of nitrogen functional groups attached to an aromatic ring is 1. The number of para-hydroxylation sites is 1. The molecular weight excluding hydrogens is 1010 g/mol. The Balaban J connectivity index is 0.929. The molecule has 0 spiro atoms. The number of hydrogen-bond donors (Lipinski definition) is 1. The van der Waals surface area contributed by atoms with Crippen molar-refractivity contribution in [2.24, 2.45) is 0 Å². The van der Waals surface area contributed by atoms with Crippen molar-refractivity contribution in [2.45, 2.75) is 74.7 Å². The van der Waals surface area contributed by atoms with E-state index in [0.29, 0.717) is 22.6 Å². The highest BCUT2D eigenvalue weighted by Gasteiger charge is 2.50. The number of halogens is 1. The summed E-state index contributed by atoms with van der Waals surface area (Å²) in [6.07, 6.45) is -2.99. The maximum Gasteiger partial charge on any atom is 0.338 e. The van der Waals surface area contributed by atoms with Gasteiger partial charge in [0.1, 0.15) is 54.2 Å². The molecule has 2 aliphatic heterocycles. The van der Waals surface area contributed by atoms with Crippen molar-refractivity contribution in [1.82, 2.24) is 28.7 Å². The van der Waals surface area contributed by atoms with Gasteiger partial charge in [-0.05, 0) is 41.8 Å². The number of carbonyl (C=O) groups is 1. The lowest BCUT2D eigenvalue weighted by molar-refractivity contribution is -0.102. The fraction of sp³-hybridized carbons (Fsp3) is 0.298. The molecule has 5 heterocycles. The van der Waals surface area contributed by atoms with E-state index in [9.17, 15) is 14.4 Å². The third kappa shape index (κ3) is 10.8. The van der Waals surface area contributed by atoms with Crippen molar-refractivity contribution in [3.63, 3.8) is 0 Å². The molecule has 77 heavy (non-hydrogen) atoms. The number of aromatic nitrogens is 6. The number of nitrogens with two attached hydrogens (primary N) is 1. The second-order valence-electron chi connectivity index (χ2n) is 18.3. The van der Waals surface area contributed by atoms with Gasteiger partial charge in [0.2, 0.25) is 0 Å². The number of esters is 1. The molecule has 2 N–H and O–H groups in total. The van der Waals surface area contributed by atoms with Gasteiger partial charge in [0, 0.05) is 29.5 Å². The van der Waals surface area contributed by atoms with E-state index >= 15 is 4.39 Å². The third-order valence-electron chi connectivity index (χ3n) is 13.5. The minimum absolute atomic E-state index is 0.0408. The number of benzene rings is 5. The van der Waals surface area contributed by atoms with Gasteiger partial charge in [0.15, 0.2) is 35.4 Å². The summed E-state index contributed by atoms with van der Waals surface area (Å²) >= 11 is 1.26. The monoisotopic (exact) mass is 1070 g/mol. The van der Waals surface area contributed by atoms with Crippen LogP contribution in [-0.2, 0) is 47.4 Å². The van der Waals surface area contributed by atoms with Gasteiger partial charge in [-0.1, -0.05) is 121 Å². The van der Waals surface area contributed by atoms with Gasteiger partial charge >= 0.3 is 11.7 Å². The highest BCUT2D eigenvalue weighted by molar-refractivity contribution is 7.99. The van der Waals surface area contributed by atoms with Gasteiger partial charge < -0.3 is 43.6 Å². The van der Waals surface area contributed by atoms with Crippen LogP contribution >= 0.6 is 11.8 Å². The van der Waals surface area contributed by atoms with E-state index in [2.05, 4.69) is 15.0 Å². The van der Waals surface area contributed by atoms with Crippen molar-refractivity contribution in [3.05, 3.63) is 213 Å². The lowest BCUT2D eigenvalue weighted by atomic mass is 9.79. The largest absolute Gasteiger partial charge is 0.493 e. The minimum atomic E-state index is -1.80. The smallest absolute Gasteiger partial charge is 0.338 e. The lowest BCUT2D eigenvalue weighted by Crippen LogP contribution is -2.42. The van der Waals surface area contributed by atoms with Crippen molar-refractivity contribution in [2.75, 3.05) is 38.9 Å². The van der Waals surface area contributed by atoms with E-state index in [1.807, 2.05) is 103 Å². The van der Waals surface area contributed by atoms with Crippen LogP contribution in [0.25, 0.3) is 11.2 Å². The molecule has 8 aromatic rings. The minimum Gasteiger partial charge on any atom is -0.493 e. The van der Waals surface area contributed by atoms with Crippen molar-refractivity contribution in [1.29, 1.82) is 0 Å². The molecule has 3 aromatic heterocycles. The topological polar surface area (TPSA) is 205 Å². The number of thioether (sulfide) groups is 1. The summed E-state index contributed by atoms with van der Waals surface area (Å²) < 4.78 is 72.1. The van der Waals surface area contributed by atoms with Gasteiger partial charge in [-0.15, -0.1) is 11.8 Å². The van der Waals surface area contributed by atoms with Crippen molar-refractivity contribution in [3.8, 4) is 11.5 Å². The van der Waals surface area contributed by atoms with Crippen LogP contribution in [0.1, 0.15) is 57.1 Å². The van der Waals surface area contributed by atoms with E-state index in [4.69, 9.17) is 43.6 Å². The zero-order chi connectivity index (χ0) is 53.5. The number of methoxy groups -OCH3 is 2. The Morgan fingerprint density at radius 1 is 0.831 bits per heavy atom. The summed E-state index contributed by atoms with van der Waals surface area (Å²) in [7, 11) is 3.12. The van der Waals surface area contributed by atoms with E-state index in [1.165, 1.54) is 39.7 Å². The van der Waals surface area contributed by atoms with Gasteiger partial charge in [-0.3, -0.25) is 13.9 Å². The molecule has 2 aliphatic rings. The summed E-state index contributed by atoms with van der Waals surface area (Å²) in [5.41, 5.74) is 6.92. The molecule has 3 unspecified atom stereocenters. The van der Waals surface area contributed by atoms with Crippen LogP contribution in [0, 0.1) is 6.92 Å². The number of aryl methyl sites for hydroxylation is 1. The molecule has 10 rings (SSSR count). The molecule has 0 amide bonds. The lowest BCUT2D eigenvalue weighted by Gasteiger charge is -2.38. The van der Waals surface area contributed by atoms with E-state index < -0.39 is 65.2 Å². The molecule has 0 aliphatic carbocycles. The first-order valence-corrected chi connectivity index (χ1v) is 25.9. The van der Waals surface area contributed by atoms with Crippen molar-refractivity contribution < 1.29 is 47.1 Å². The molecule has 18 nitrogen and oxygen atoms in total. The van der Waals surface area contributed by atoms with Gasteiger partial charge in [0.05, 0.1) is 45.9 Å². The number of fused-ring (bicyclic) bond motifs is 1. The van der Waals surface area contributed by atoms with Crippen LogP contribution in [0.2, 0.25) is 0 Å². The van der Waals surface area contributed by atoms with Crippen LogP contribution < -0.4 is 26.5 Å². The first-order valence-electron chi connectivity index (χ1n) is 24.9. The number of alkyl halides is 1. The fourth-order valence-electron chi connectivity index (χ4n) is 9.82. The molecule has 20 heteroatoms. The van der Waals surface area contributed by atoms with Crippen LogP contribution in [0.4, 0.5) is 10.2 Å². The van der Waals surface area contributed by atoms with Gasteiger partial charge in [-0.2, -0.15) is 0 Å². The number of imidazole rings is 1. The standard InChI is InChI=1S/C57H56FN7O11S/c1-36-30-63(56(68)65(52(36)66)35-71-31-37-17-8-4-9-18-37)45-29-43(75-54(67)38-19-10-5-11-20-38)55(76-45)77-28-27-72-49-44(74-53(46(49)58)64-34-62-47-50(59)60-33-61-51(47)64)32-73-57(39-21-12-6-13-22-39,40-23-14-7-15-24-40)41-25-16-26-42(69-2)48(41)70-3/h4-26,30,33-34,43-46,49,53,55H,27-29,31-32,35H2,1-3H3,(H2,59,60,61)/t43?,44-,45?,46-,49-,53-,55?/m1/s1. The fourth-order valence-corrected chi connectivity index (χ4v) is 10.8. The Kier molecular flexibility index (Phi) is 16.2. The molecule has 0 bridgehead atoms. The number of hydrogen-bond acceptors (Lipinski definition) is 16. The molecule has 2 saturated heterocycles. The zero-order valence-electron chi connectivity index (χ0n) is 42.3. The molecular formula is C57H56FN7O11S. The summed E-state index contributed by atoms with van der Waals surface area (Å²) in [4.78, 5) is 53.8. The van der Waals surface area contributed by atoms with E-state index in [-0.39, 0.29) is 61.3 Å². The number of carbonyl (C=O) groups excluding carboxylic acids is 1. The Bertz CT molecular complexity index is 3370. The van der Waals surface area contributed by atoms with E-state index in [1.54, 1.807) is 57.5 Å². The molecule has 398 valence electrons. The average Bonchev–Trinajstić information content (AvgIpc) is 4.17. The van der Waals surface area contributed by atoms with Crippen LogP contribution in [0.5, 0.6) is 11.5 Å². The number of ether oxygens (including phenoxy) is 8. The number of anilines is 1. The molecule has 5 aromatic carbocycles. The Labute approximate surface area is 446 Å². The molecule has 2 fully saturated rings. The highest BCUT2D eigenvalue weighted by Crippen LogP contribution is 2.48. The third-order valence-corrected chi connectivity index (χ3v) is 14.7. The van der Waals surface area contributed by atoms with Gasteiger partial charge in [0.25, 0.3) is 5.56 Å².